The normalized spacial score (nSPS) is 23.6. The van der Waals surface area contributed by atoms with Gasteiger partial charge in [-0.1, -0.05) is 18.2 Å². The average Bonchev–Trinajstić information content (AvgIpc) is 3.23. The number of fused-ring (bicyclic) bond motifs is 3. The number of hydrogen-bond donors (Lipinski definition) is 15. The van der Waals surface area contributed by atoms with Crippen LogP contribution in [0.15, 0.2) is 78.9 Å². The van der Waals surface area contributed by atoms with E-state index in [1.807, 2.05) is 0 Å². The maximum Gasteiger partial charge on any atom is 0.200 e. The van der Waals surface area contributed by atoms with Crippen LogP contribution >= 0.6 is 0 Å². The van der Waals surface area contributed by atoms with Crippen LogP contribution in [-0.4, -0.2) is 94.9 Å². The van der Waals surface area contributed by atoms with Crippen molar-refractivity contribution in [3.8, 4) is 86.2 Å². The Hall–Kier alpha value is -7.80. The first-order valence-corrected chi connectivity index (χ1v) is 19.3. The van der Waals surface area contributed by atoms with Gasteiger partial charge >= 0.3 is 0 Å². The van der Waals surface area contributed by atoms with Crippen molar-refractivity contribution < 1.29 is 90.8 Å². The van der Waals surface area contributed by atoms with E-state index < -0.39 is 118 Å². The molecule has 1 unspecified atom stereocenters. The molecule has 0 bridgehead atoms. The summed E-state index contributed by atoms with van der Waals surface area (Å²) in [5.74, 6) is -11.6. The standard InChI is InChI=1S/C45H38O18/c46-18-2-4-20-30(12-18)61-43(16-8-25(50)37(56)26(51)9-16)40(59)32(20)34-36(55)22-14-29(54)42(15-1-6-23(48)24(49)7-15)63-45(22)35(39(34)58)33-21-5-3-19(47)13-31(21)62-44(41(33)60)17-10-27(52)38(57)28(53)11-17/h1-13,29,32-33,40-44,46-60H,14H2/t29-,32?,33-,40-,41-,42+,43+,44+/m0/s1. The van der Waals surface area contributed by atoms with Crippen molar-refractivity contribution >= 4 is 0 Å². The van der Waals surface area contributed by atoms with E-state index in [4.69, 9.17) is 14.2 Å². The zero-order chi connectivity index (χ0) is 44.9. The third-order valence-electron chi connectivity index (χ3n) is 11.8. The van der Waals surface area contributed by atoms with Gasteiger partial charge in [0.2, 0.25) is 0 Å². The van der Waals surface area contributed by atoms with Gasteiger partial charge in [-0.2, -0.15) is 0 Å². The number of rotatable bonds is 5. The van der Waals surface area contributed by atoms with E-state index in [1.54, 1.807) is 0 Å². The molecule has 0 amide bonds. The van der Waals surface area contributed by atoms with Crippen molar-refractivity contribution in [3.05, 3.63) is 123 Å². The summed E-state index contributed by atoms with van der Waals surface area (Å²) in [7, 11) is 0. The molecule has 6 aromatic rings. The molecule has 18 heteroatoms. The van der Waals surface area contributed by atoms with Crippen LogP contribution in [-0.2, 0) is 6.42 Å². The van der Waals surface area contributed by atoms with E-state index in [1.165, 1.54) is 42.5 Å². The van der Waals surface area contributed by atoms with Crippen molar-refractivity contribution in [2.45, 2.75) is 54.9 Å². The Labute approximate surface area is 354 Å². The molecule has 3 heterocycles. The number of aromatic hydroxyl groups is 12. The Morgan fingerprint density at radius 1 is 0.397 bits per heavy atom. The van der Waals surface area contributed by atoms with Crippen molar-refractivity contribution in [3.63, 3.8) is 0 Å². The summed E-state index contributed by atoms with van der Waals surface area (Å²) in [4.78, 5) is 0. The van der Waals surface area contributed by atoms with Gasteiger partial charge in [0.25, 0.3) is 0 Å². The van der Waals surface area contributed by atoms with Crippen LogP contribution < -0.4 is 14.2 Å². The van der Waals surface area contributed by atoms with Gasteiger partial charge in [-0.25, -0.2) is 0 Å². The van der Waals surface area contributed by atoms with Gasteiger partial charge in [0.05, 0.1) is 6.10 Å². The molecule has 0 spiro atoms. The van der Waals surface area contributed by atoms with Crippen molar-refractivity contribution in [2.24, 2.45) is 0 Å². The van der Waals surface area contributed by atoms with E-state index in [0.717, 1.165) is 36.4 Å². The molecule has 0 fully saturated rings. The van der Waals surface area contributed by atoms with Crippen LogP contribution in [0.2, 0.25) is 0 Å². The molecule has 0 saturated carbocycles. The first-order valence-electron chi connectivity index (χ1n) is 19.3. The zero-order valence-electron chi connectivity index (χ0n) is 32.3. The molecule has 326 valence electrons. The third kappa shape index (κ3) is 6.46. The largest absolute Gasteiger partial charge is 0.508 e. The monoisotopic (exact) mass is 866 g/mol. The molecular formula is C45H38O18. The fourth-order valence-corrected chi connectivity index (χ4v) is 8.89. The zero-order valence-corrected chi connectivity index (χ0v) is 32.3. The number of hydrogen-bond acceptors (Lipinski definition) is 18. The molecule has 15 N–H and O–H groups in total. The van der Waals surface area contributed by atoms with E-state index >= 15 is 0 Å². The summed E-state index contributed by atoms with van der Waals surface area (Å²) in [5.41, 5.74) is -0.716. The lowest BCUT2D eigenvalue weighted by molar-refractivity contribution is 0.000294. The van der Waals surface area contributed by atoms with Gasteiger partial charge < -0.3 is 90.8 Å². The smallest absolute Gasteiger partial charge is 0.200 e. The van der Waals surface area contributed by atoms with Gasteiger partial charge in [0, 0.05) is 69.3 Å². The van der Waals surface area contributed by atoms with Crippen LogP contribution in [0.3, 0.4) is 0 Å². The molecule has 3 aliphatic rings. The van der Waals surface area contributed by atoms with Crippen LogP contribution in [0.25, 0.3) is 0 Å². The van der Waals surface area contributed by atoms with Crippen molar-refractivity contribution in [2.75, 3.05) is 0 Å². The lowest BCUT2D eigenvalue weighted by atomic mass is 9.73. The van der Waals surface area contributed by atoms with Crippen molar-refractivity contribution in [1.82, 2.24) is 0 Å². The molecule has 0 saturated heterocycles. The molecule has 8 atom stereocenters. The van der Waals surface area contributed by atoms with E-state index in [0.29, 0.717) is 0 Å². The number of phenols is 12. The average molecular weight is 867 g/mol. The van der Waals surface area contributed by atoms with Crippen LogP contribution in [0, 0.1) is 0 Å². The minimum absolute atomic E-state index is 0.0834. The molecule has 9 rings (SSSR count). The lowest BCUT2D eigenvalue weighted by Crippen LogP contribution is -2.38. The van der Waals surface area contributed by atoms with Gasteiger partial charge in [0.1, 0.15) is 58.6 Å². The molecular weight excluding hydrogens is 828 g/mol. The Balaban J connectivity index is 1.32. The molecule has 63 heavy (non-hydrogen) atoms. The molecule has 0 aliphatic carbocycles. The SMILES string of the molecule is Oc1ccc2c(c1)O[C@H](c1cc(O)c(O)c(O)c1)[C@@H](O)C2c1c(O)c2c(c([C@@H]3c4ccc(O)cc4O[C@H](c4cc(O)c(O)c(O)c4)[C@H]3O)c1O)O[C@H](c1ccc(O)c(O)c1)[C@@H](O)C2. The minimum Gasteiger partial charge on any atom is -0.508 e. The van der Waals surface area contributed by atoms with Gasteiger partial charge in [0.15, 0.2) is 58.2 Å². The predicted molar refractivity (Wildman–Crippen MR) is 214 cm³/mol. The second-order valence-corrected chi connectivity index (χ2v) is 15.7. The summed E-state index contributed by atoms with van der Waals surface area (Å²) in [6.45, 7) is 0. The highest BCUT2D eigenvalue weighted by Gasteiger charge is 2.49. The number of phenolic OH excluding ortho intramolecular Hbond substituents is 12. The summed E-state index contributed by atoms with van der Waals surface area (Å²) in [6, 6.07) is 15.2. The van der Waals surface area contributed by atoms with Gasteiger partial charge in [-0.15, -0.1) is 0 Å². The number of benzene rings is 6. The van der Waals surface area contributed by atoms with E-state index in [-0.39, 0.29) is 67.7 Å². The lowest BCUT2D eigenvalue weighted by Gasteiger charge is -2.42. The summed E-state index contributed by atoms with van der Waals surface area (Å²) < 4.78 is 18.7. The minimum atomic E-state index is -1.84. The summed E-state index contributed by atoms with van der Waals surface area (Å²) in [5, 5.41) is 165. The molecule has 0 aromatic heterocycles. The maximum absolute atomic E-state index is 12.9. The Kier molecular flexibility index (Phi) is 9.46. The number of aliphatic hydroxyl groups is 3. The van der Waals surface area contributed by atoms with Crippen molar-refractivity contribution in [1.29, 1.82) is 0 Å². The number of aliphatic hydroxyl groups excluding tert-OH is 3. The van der Waals surface area contributed by atoms with E-state index in [2.05, 4.69) is 0 Å². The van der Waals surface area contributed by atoms with Gasteiger partial charge in [-0.3, -0.25) is 0 Å². The summed E-state index contributed by atoms with van der Waals surface area (Å²) in [6.07, 6.45) is -10.1. The van der Waals surface area contributed by atoms with Crippen LogP contribution in [0.1, 0.15) is 74.7 Å². The van der Waals surface area contributed by atoms with E-state index in [9.17, 15) is 76.6 Å². The topological polar surface area (TPSA) is 331 Å². The third-order valence-corrected chi connectivity index (χ3v) is 11.8. The molecule has 6 aromatic carbocycles. The molecule has 3 aliphatic heterocycles. The molecule has 0 radical (unpaired) electrons. The second-order valence-electron chi connectivity index (χ2n) is 15.7. The maximum atomic E-state index is 12.9. The Bertz CT molecular complexity index is 2800. The highest BCUT2D eigenvalue weighted by Crippen LogP contribution is 2.61. The summed E-state index contributed by atoms with van der Waals surface area (Å²) >= 11 is 0. The van der Waals surface area contributed by atoms with Gasteiger partial charge in [-0.05, 0) is 54.1 Å². The first-order chi connectivity index (χ1) is 29.9. The highest BCUT2D eigenvalue weighted by atomic mass is 16.5. The first kappa shape index (κ1) is 40.6. The fourth-order valence-electron chi connectivity index (χ4n) is 8.89. The fraction of sp³-hybridized carbons (Fsp3) is 0.200. The number of ether oxygens (including phenoxy) is 3. The second kappa shape index (κ2) is 14.7. The Morgan fingerprint density at radius 3 is 1.33 bits per heavy atom. The Morgan fingerprint density at radius 2 is 0.857 bits per heavy atom. The quantitative estimate of drug-likeness (QED) is 0.106. The van der Waals surface area contributed by atoms with Crippen LogP contribution in [0.5, 0.6) is 86.2 Å². The molecule has 18 nitrogen and oxygen atoms in total. The predicted octanol–water partition coefficient (Wildman–Crippen LogP) is 4.44. The van der Waals surface area contributed by atoms with Crippen LogP contribution in [0.4, 0.5) is 0 Å². The highest BCUT2D eigenvalue weighted by molar-refractivity contribution is 5.70.